The van der Waals surface area contributed by atoms with Gasteiger partial charge < -0.3 is 10.6 Å². The topological polar surface area (TPSA) is 75.3 Å². The average Bonchev–Trinajstić information content (AvgIpc) is 2.72. The molecule has 1 amide bonds. The van der Waals surface area contributed by atoms with E-state index in [-0.39, 0.29) is 17.3 Å². The van der Waals surface area contributed by atoms with E-state index in [2.05, 4.69) is 10.6 Å². The van der Waals surface area contributed by atoms with Crippen LogP contribution < -0.4 is 10.6 Å². The molecule has 0 aliphatic carbocycles. The number of carbonyl (C=O) groups is 1. The third-order valence-corrected chi connectivity index (χ3v) is 7.05. The highest BCUT2D eigenvalue weighted by molar-refractivity contribution is 7.91. The number of sulfone groups is 1. The van der Waals surface area contributed by atoms with Gasteiger partial charge in [-0.1, -0.05) is 18.2 Å². The highest BCUT2D eigenvalue weighted by atomic mass is 32.2. The van der Waals surface area contributed by atoms with Crippen molar-refractivity contribution in [1.29, 1.82) is 0 Å². The van der Waals surface area contributed by atoms with E-state index in [0.717, 1.165) is 44.0 Å². The summed E-state index contributed by atoms with van der Waals surface area (Å²) in [6.07, 6.45) is -1.88. The number of halogens is 3. The number of piperidine rings is 1. The van der Waals surface area contributed by atoms with Crippen LogP contribution >= 0.6 is 0 Å². The first-order chi connectivity index (χ1) is 14.0. The van der Waals surface area contributed by atoms with Crippen molar-refractivity contribution < 1.29 is 26.4 Å². The van der Waals surface area contributed by atoms with Gasteiger partial charge in [0, 0.05) is 6.54 Å². The molecule has 0 spiro atoms. The van der Waals surface area contributed by atoms with Gasteiger partial charge in [0.2, 0.25) is 15.7 Å². The van der Waals surface area contributed by atoms with Crippen LogP contribution in [0.5, 0.6) is 0 Å². The molecule has 1 aliphatic rings. The second kappa shape index (κ2) is 8.39. The Hall–Kier alpha value is -2.39. The van der Waals surface area contributed by atoms with Gasteiger partial charge in [0.25, 0.3) is 0 Å². The van der Waals surface area contributed by atoms with Gasteiger partial charge >= 0.3 is 6.18 Å². The quantitative estimate of drug-likeness (QED) is 0.744. The maximum atomic E-state index is 12.9. The molecule has 30 heavy (non-hydrogen) atoms. The number of hydrogen-bond donors (Lipinski definition) is 2. The Morgan fingerprint density at radius 2 is 1.80 bits per heavy atom. The SMILES string of the molecule is CC1(C(=O)NCc2ccc(S(=O)(=O)c3cccc(C(F)(F)F)c3)cc2)CCCCN1. The molecule has 1 saturated heterocycles. The summed E-state index contributed by atoms with van der Waals surface area (Å²) in [5.74, 6) is -0.122. The van der Waals surface area contributed by atoms with Crippen LogP contribution in [0.15, 0.2) is 58.3 Å². The number of alkyl halides is 3. The average molecular weight is 440 g/mol. The molecule has 5 nitrogen and oxygen atoms in total. The first kappa shape index (κ1) is 22.3. The van der Waals surface area contributed by atoms with Gasteiger partial charge in [-0.2, -0.15) is 13.2 Å². The van der Waals surface area contributed by atoms with E-state index < -0.39 is 32.0 Å². The Labute approximate surface area is 173 Å². The molecule has 0 radical (unpaired) electrons. The van der Waals surface area contributed by atoms with Crippen molar-refractivity contribution in [3.63, 3.8) is 0 Å². The minimum absolute atomic E-state index is 0.113. The van der Waals surface area contributed by atoms with E-state index in [0.29, 0.717) is 11.6 Å². The summed E-state index contributed by atoms with van der Waals surface area (Å²) in [6.45, 7) is 2.86. The van der Waals surface area contributed by atoms with E-state index in [1.54, 1.807) is 0 Å². The van der Waals surface area contributed by atoms with Crippen LogP contribution in [0.25, 0.3) is 0 Å². The summed E-state index contributed by atoms with van der Waals surface area (Å²) in [6, 6.07) is 9.40. The largest absolute Gasteiger partial charge is 0.416 e. The zero-order valence-electron chi connectivity index (χ0n) is 16.4. The third-order valence-electron chi connectivity index (χ3n) is 5.28. The molecule has 1 atom stereocenters. The molecular formula is C21H23F3N2O3S. The van der Waals surface area contributed by atoms with Crippen molar-refractivity contribution in [3.05, 3.63) is 59.7 Å². The smallest absolute Gasteiger partial charge is 0.350 e. The highest BCUT2D eigenvalue weighted by Crippen LogP contribution is 2.32. The minimum atomic E-state index is -4.63. The van der Waals surface area contributed by atoms with E-state index in [9.17, 15) is 26.4 Å². The fourth-order valence-corrected chi connectivity index (χ4v) is 4.70. The van der Waals surface area contributed by atoms with Gasteiger partial charge in [-0.15, -0.1) is 0 Å². The molecule has 9 heteroatoms. The third kappa shape index (κ3) is 4.84. The molecule has 1 fully saturated rings. The van der Waals surface area contributed by atoms with E-state index in [1.165, 1.54) is 24.3 Å². The Balaban J connectivity index is 1.71. The number of benzene rings is 2. The fourth-order valence-electron chi connectivity index (χ4n) is 3.39. The van der Waals surface area contributed by atoms with Gasteiger partial charge in [0.15, 0.2) is 0 Å². The van der Waals surface area contributed by atoms with Gasteiger partial charge in [0.05, 0.1) is 20.9 Å². The first-order valence-corrected chi connectivity index (χ1v) is 11.1. The first-order valence-electron chi connectivity index (χ1n) is 9.57. The Morgan fingerprint density at radius 1 is 1.10 bits per heavy atom. The second-order valence-corrected chi connectivity index (χ2v) is 9.52. The summed E-state index contributed by atoms with van der Waals surface area (Å²) >= 11 is 0. The molecule has 2 aromatic rings. The highest BCUT2D eigenvalue weighted by Gasteiger charge is 2.34. The molecule has 1 aliphatic heterocycles. The summed E-state index contributed by atoms with van der Waals surface area (Å²) in [5.41, 5.74) is -0.955. The fraction of sp³-hybridized carbons (Fsp3) is 0.381. The normalized spacial score (nSPS) is 20.0. The molecule has 0 aromatic heterocycles. The van der Waals surface area contributed by atoms with Gasteiger partial charge in [-0.3, -0.25) is 4.79 Å². The van der Waals surface area contributed by atoms with Crippen LogP contribution in [0, 0.1) is 0 Å². The van der Waals surface area contributed by atoms with Crippen molar-refractivity contribution in [2.24, 2.45) is 0 Å². The Kier molecular flexibility index (Phi) is 6.24. The number of amides is 1. The van der Waals surface area contributed by atoms with Gasteiger partial charge in [-0.25, -0.2) is 8.42 Å². The zero-order chi connectivity index (χ0) is 22.0. The predicted octanol–water partition coefficient (Wildman–Crippen LogP) is 3.69. The van der Waals surface area contributed by atoms with Crippen molar-refractivity contribution in [3.8, 4) is 0 Å². The van der Waals surface area contributed by atoms with Crippen molar-refractivity contribution in [2.45, 2.75) is 54.2 Å². The molecule has 2 aromatic carbocycles. The van der Waals surface area contributed by atoms with Crippen LogP contribution in [0.2, 0.25) is 0 Å². The molecule has 162 valence electrons. The van der Waals surface area contributed by atoms with Crippen LogP contribution in [-0.4, -0.2) is 26.4 Å². The maximum Gasteiger partial charge on any atom is 0.416 e. The van der Waals surface area contributed by atoms with E-state index in [4.69, 9.17) is 0 Å². The van der Waals surface area contributed by atoms with Gasteiger partial charge in [-0.05, 0) is 68.6 Å². The summed E-state index contributed by atoms with van der Waals surface area (Å²) < 4.78 is 64.1. The van der Waals surface area contributed by atoms with Crippen molar-refractivity contribution in [1.82, 2.24) is 10.6 Å². The predicted molar refractivity (Wildman–Crippen MR) is 105 cm³/mol. The molecule has 0 saturated carbocycles. The van der Waals surface area contributed by atoms with Crippen LogP contribution in [0.4, 0.5) is 13.2 Å². The lowest BCUT2D eigenvalue weighted by Gasteiger charge is -2.33. The second-order valence-electron chi connectivity index (χ2n) is 7.57. The number of hydrogen-bond acceptors (Lipinski definition) is 4. The summed E-state index contributed by atoms with van der Waals surface area (Å²) in [4.78, 5) is 11.9. The molecule has 1 heterocycles. The standard InChI is InChI=1S/C21H23F3N2O3S/c1-20(11-2-3-12-26-20)19(27)25-14-15-7-9-17(10-8-15)30(28,29)18-6-4-5-16(13-18)21(22,23)24/h4-10,13,26H,2-3,11-12,14H2,1H3,(H,25,27). The number of carbonyl (C=O) groups excluding carboxylic acids is 1. The van der Waals surface area contributed by atoms with Crippen LogP contribution in [0.3, 0.4) is 0 Å². The maximum absolute atomic E-state index is 12.9. The Morgan fingerprint density at radius 3 is 2.40 bits per heavy atom. The number of rotatable bonds is 5. The van der Waals surface area contributed by atoms with Crippen LogP contribution in [-0.2, 0) is 27.4 Å². The lowest BCUT2D eigenvalue weighted by molar-refractivity contribution is -0.137. The van der Waals surface area contributed by atoms with Crippen LogP contribution in [0.1, 0.15) is 37.3 Å². The molecule has 0 bridgehead atoms. The zero-order valence-corrected chi connectivity index (χ0v) is 17.2. The molecule has 2 N–H and O–H groups in total. The molecule has 1 unspecified atom stereocenters. The van der Waals surface area contributed by atoms with E-state index in [1.807, 2.05) is 6.92 Å². The molecule has 3 rings (SSSR count). The molecular weight excluding hydrogens is 417 g/mol. The number of nitrogens with one attached hydrogen (secondary N) is 2. The van der Waals surface area contributed by atoms with Gasteiger partial charge in [0.1, 0.15) is 0 Å². The minimum Gasteiger partial charge on any atom is -0.350 e. The Bertz CT molecular complexity index is 1010. The lowest BCUT2D eigenvalue weighted by atomic mass is 9.90. The van der Waals surface area contributed by atoms with Crippen molar-refractivity contribution in [2.75, 3.05) is 6.54 Å². The monoisotopic (exact) mass is 440 g/mol. The summed E-state index contributed by atoms with van der Waals surface area (Å²) in [5, 5.41) is 6.07. The summed E-state index contributed by atoms with van der Waals surface area (Å²) in [7, 11) is -4.09. The van der Waals surface area contributed by atoms with Crippen molar-refractivity contribution >= 4 is 15.7 Å². The van der Waals surface area contributed by atoms with E-state index >= 15 is 0 Å². The lowest BCUT2D eigenvalue weighted by Crippen LogP contribution is -2.56.